The van der Waals surface area contributed by atoms with E-state index in [2.05, 4.69) is 25.7 Å². The van der Waals surface area contributed by atoms with Crippen LogP contribution in [0.4, 0.5) is 0 Å². The van der Waals surface area contributed by atoms with Gasteiger partial charge in [-0.05, 0) is 30.7 Å². The lowest BCUT2D eigenvalue weighted by Gasteiger charge is -2.04. The Labute approximate surface area is 143 Å². The molecule has 23 heavy (non-hydrogen) atoms. The van der Waals surface area contributed by atoms with Crippen molar-refractivity contribution in [3.05, 3.63) is 36.4 Å². The minimum atomic E-state index is -0.311. The first-order valence-electron chi connectivity index (χ1n) is 9.21. The van der Waals surface area contributed by atoms with Crippen molar-refractivity contribution in [2.75, 3.05) is 6.54 Å². The van der Waals surface area contributed by atoms with Gasteiger partial charge in [-0.25, -0.2) is 0 Å². The molecule has 0 bridgehead atoms. The van der Waals surface area contributed by atoms with Gasteiger partial charge in [0.05, 0.1) is 0 Å². The van der Waals surface area contributed by atoms with Crippen LogP contribution in [0.5, 0.6) is 0 Å². The molecule has 0 radical (unpaired) electrons. The molecule has 0 unspecified atom stereocenters. The summed E-state index contributed by atoms with van der Waals surface area (Å²) in [7, 11) is 0. The SMILES string of the molecule is C=C(O)/C(O)=C\C=C\NCCCCCCCCCCCC(C)C. The van der Waals surface area contributed by atoms with Gasteiger partial charge in [0, 0.05) is 6.54 Å². The van der Waals surface area contributed by atoms with E-state index in [1.165, 1.54) is 70.3 Å². The number of nitrogens with one attached hydrogen (secondary N) is 1. The zero-order valence-corrected chi connectivity index (χ0v) is 15.2. The number of aliphatic hydroxyl groups is 2. The molecular weight excluding hydrogens is 286 g/mol. The molecule has 0 fully saturated rings. The van der Waals surface area contributed by atoms with Gasteiger partial charge in [-0.15, -0.1) is 0 Å². The Balaban J connectivity index is 3.24. The van der Waals surface area contributed by atoms with Gasteiger partial charge in [0.1, 0.15) is 5.76 Å². The number of hydrogen-bond donors (Lipinski definition) is 3. The van der Waals surface area contributed by atoms with Gasteiger partial charge < -0.3 is 15.5 Å². The van der Waals surface area contributed by atoms with E-state index >= 15 is 0 Å². The Morgan fingerprint density at radius 2 is 1.43 bits per heavy atom. The van der Waals surface area contributed by atoms with Crippen LogP contribution in [0.1, 0.15) is 78.1 Å². The molecule has 0 saturated carbocycles. The molecule has 0 aliphatic heterocycles. The van der Waals surface area contributed by atoms with E-state index in [1.54, 1.807) is 12.3 Å². The summed E-state index contributed by atoms with van der Waals surface area (Å²) in [5.41, 5.74) is 0. The average molecular weight is 324 g/mol. The first-order chi connectivity index (χ1) is 11.0. The summed E-state index contributed by atoms with van der Waals surface area (Å²) in [6.45, 7) is 8.78. The third-order valence-electron chi connectivity index (χ3n) is 3.87. The number of rotatable bonds is 15. The smallest absolute Gasteiger partial charge is 0.156 e. The molecule has 0 aromatic heterocycles. The van der Waals surface area contributed by atoms with Gasteiger partial charge >= 0.3 is 0 Å². The Bertz CT molecular complexity index is 346. The maximum Gasteiger partial charge on any atom is 0.156 e. The molecule has 0 heterocycles. The molecule has 0 amide bonds. The molecule has 0 rings (SSSR count). The largest absolute Gasteiger partial charge is 0.505 e. The molecule has 3 heteroatoms. The summed E-state index contributed by atoms with van der Waals surface area (Å²) in [5, 5.41) is 21.2. The minimum absolute atomic E-state index is 0.202. The molecule has 0 aliphatic rings. The first-order valence-corrected chi connectivity index (χ1v) is 9.21. The van der Waals surface area contributed by atoms with Crippen LogP contribution in [0, 0.1) is 5.92 Å². The van der Waals surface area contributed by atoms with E-state index in [-0.39, 0.29) is 11.5 Å². The van der Waals surface area contributed by atoms with Crippen LogP contribution < -0.4 is 5.32 Å². The molecule has 3 N–H and O–H groups in total. The van der Waals surface area contributed by atoms with Crippen LogP contribution in [-0.2, 0) is 0 Å². The van der Waals surface area contributed by atoms with Gasteiger partial charge in [0.15, 0.2) is 5.76 Å². The number of hydrogen-bond acceptors (Lipinski definition) is 3. The number of unbranched alkanes of at least 4 members (excludes halogenated alkanes) is 8. The second-order valence-electron chi connectivity index (χ2n) is 6.68. The van der Waals surface area contributed by atoms with E-state index in [4.69, 9.17) is 5.11 Å². The van der Waals surface area contributed by atoms with Crippen molar-refractivity contribution in [2.45, 2.75) is 78.1 Å². The van der Waals surface area contributed by atoms with Crippen LogP contribution in [0.3, 0.4) is 0 Å². The molecule has 0 atom stereocenters. The van der Waals surface area contributed by atoms with Crippen molar-refractivity contribution in [1.82, 2.24) is 5.32 Å². The topological polar surface area (TPSA) is 52.5 Å². The molecule has 0 aromatic carbocycles. The fourth-order valence-electron chi connectivity index (χ4n) is 2.40. The molecule has 0 aliphatic carbocycles. The van der Waals surface area contributed by atoms with E-state index in [0.717, 1.165) is 12.5 Å². The number of allylic oxidation sites excluding steroid dienone is 2. The molecule has 0 spiro atoms. The van der Waals surface area contributed by atoms with Crippen molar-refractivity contribution in [3.8, 4) is 0 Å². The highest BCUT2D eigenvalue weighted by atomic mass is 16.3. The zero-order chi connectivity index (χ0) is 17.3. The third kappa shape index (κ3) is 16.8. The van der Waals surface area contributed by atoms with Gasteiger partial charge in [0.2, 0.25) is 0 Å². The van der Waals surface area contributed by atoms with E-state index in [9.17, 15) is 5.11 Å². The maximum absolute atomic E-state index is 9.17. The third-order valence-corrected chi connectivity index (χ3v) is 3.87. The minimum Gasteiger partial charge on any atom is -0.505 e. The Morgan fingerprint density at radius 3 is 1.96 bits per heavy atom. The predicted octanol–water partition coefficient (Wildman–Crippen LogP) is 6.16. The van der Waals surface area contributed by atoms with Crippen molar-refractivity contribution < 1.29 is 10.2 Å². The first kappa shape index (κ1) is 21.6. The summed E-state index contributed by atoms with van der Waals surface area (Å²) >= 11 is 0. The monoisotopic (exact) mass is 323 g/mol. The van der Waals surface area contributed by atoms with E-state index < -0.39 is 0 Å². The van der Waals surface area contributed by atoms with Gasteiger partial charge in [-0.3, -0.25) is 0 Å². The molecule has 3 nitrogen and oxygen atoms in total. The van der Waals surface area contributed by atoms with Gasteiger partial charge in [-0.2, -0.15) is 0 Å². The second kappa shape index (κ2) is 15.5. The van der Waals surface area contributed by atoms with Crippen LogP contribution >= 0.6 is 0 Å². The fourth-order valence-corrected chi connectivity index (χ4v) is 2.40. The van der Waals surface area contributed by atoms with Gasteiger partial charge in [-0.1, -0.05) is 78.2 Å². The van der Waals surface area contributed by atoms with Crippen LogP contribution in [0.25, 0.3) is 0 Å². The zero-order valence-electron chi connectivity index (χ0n) is 15.2. The quantitative estimate of drug-likeness (QED) is 0.192. The molecule has 134 valence electrons. The Hall–Kier alpha value is -1.38. The summed E-state index contributed by atoms with van der Waals surface area (Å²) in [4.78, 5) is 0. The van der Waals surface area contributed by atoms with Crippen molar-refractivity contribution in [3.63, 3.8) is 0 Å². The standard InChI is InChI=1S/C20H37NO2/c1-18(2)14-11-9-7-5-4-6-8-10-12-16-21-17-13-15-20(23)19(3)22/h13,15,17-18,21-23H,3-12,14,16H2,1-2H3/b17-13+,20-15+. The Morgan fingerprint density at radius 1 is 0.913 bits per heavy atom. The van der Waals surface area contributed by atoms with Crippen LogP contribution in [0.15, 0.2) is 36.4 Å². The lowest BCUT2D eigenvalue weighted by Crippen LogP contribution is -2.06. The lowest BCUT2D eigenvalue weighted by molar-refractivity contribution is 0.328. The van der Waals surface area contributed by atoms with Gasteiger partial charge in [0.25, 0.3) is 0 Å². The molecule has 0 aromatic rings. The Kier molecular flexibility index (Phi) is 14.6. The maximum atomic E-state index is 9.17. The molecular formula is C20H37NO2. The van der Waals surface area contributed by atoms with Crippen molar-refractivity contribution >= 4 is 0 Å². The molecule has 0 saturated heterocycles. The highest BCUT2D eigenvalue weighted by Gasteiger charge is 1.95. The average Bonchev–Trinajstić information content (AvgIpc) is 2.50. The highest BCUT2D eigenvalue weighted by Crippen LogP contribution is 2.12. The summed E-state index contributed by atoms with van der Waals surface area (Å²) in [5.74, 6) is 0.344. The van der Waals surface area contributed by atoms with Crippen LogP contribution in [0.2, 0.25) is 0 Å². The summed E-state index contributed by atoms with van der Waals surface area (Å²) < 4.78 is 0. The predicted molar refractivity (Wildman–Crippen MR) is 101 cm³/mol. The number of aliphatic hydroxyl groups excluding tert-OH is 2. The van der Waals surface area contributed by atoms with E-state index in [0.29, 0.717) is 0 Å². The highest BCUT2D eigenvalue weighted by molar-refractivity contribution is 5.19. The summed E-state index contributed by atoms with van der Waals surface area (Å²) in [6.07, 6.45) is 18.3. The lowest BCUT2D eigenvalue weighted by atomic mass is 10.0. The fraction of sp³-hybridized carbons (Fsp3) is 0.700. The van der Waals surface area contributed by atoms with Crippen molar-refractivity contribution in [2.24, 2.45) is 5.92 Å². The summed E-state index contributed by atoms with van der Waals surface area (Å²) in [6, 6.07) is 0. The van der Waals surface area contributed by atoms with Crippen LogP contribution in [-0.4, -0.2) is 16.8 Å². The second-order valence-corrected chi connectivity index (χ2v) is 6.68. The normalized spacial score (nSPS) is 12.2. The van der Waals surface area contributed by atoms with E-state index in [1.807, 2.05) is 0 Å². The van der Waals surface area contributed by atoms with Crippen molar-refractivity contribution in [1.29, 1.82) is 0 Å².